The number of nitriles is 1. The topological polar surface area (TPSA) is 117 Å². The number of nitrogens with zero attached hydrogens (tertiary/aromatic N) is 5. The van der Waals surface area contributed by atoms with E-state index in [0.29, 0.717) is 25.4 Å². The number of pyridine rings is 2. The fourth-order valence-corrected chi connectivity index (χ4v) is 3.83. The third kappa shape index (κ3) is 4.19. The van der Waals surface area contributed by atoms with Gasteiger partial charge in [0.1, 0.15) is 23.1 Å². The lowest BCUT2D eigenvalue weighted by atomic mass is 10.2. The van der Waals surface area contributed by atoms with Gasteiger partial charge in [-0.3, -0.25) is 9.78 Å². The summed E-state index contributed by atoms with van der Waals surface area (Å²) in [6, 6.07) is 7.49. The van der Waals surface area contributed by atoms with E-state index in [4.69, 9.17) is 5.26 Å². The number of thiazole rings is 1. The number of aromatic nitrogens is 3. The Bertz CT molecular complexity index is 1190. The van der Waals surface area contributed by atoms with Crippen LogP contribution in [0.1, 0.15) is 10.5 Å². The van der Waals surface area contributed by atoms with Crippen LogP contribution >= 0.6 is 11.3 Å². The minimum Gasteiger partial charge on any atom is -0.266 e. The largest absolute Gasteiger partial charge is 0.286 e. The van der Waals surface area contributed by atoms with Crippen LogP contribution in [0.5, 0.6) is 0 Å². The highest BCUT2D eigenvalue weighted by Crippen LogP contribution is 2.31. The second kappa shape index (κ2) is 7.79. The Morgan fingerprint density at radius 1 is 1.32 bits per heavy atom. The van der Waals surface area contributed by atoms with E-state index < -0.39 is 28.3 Å². The molecule has 3 aromatic rings. The van der Waals surface area contributed by atoms with E-state index in [1.165, 1.54) is 35.9 Å². The van der Waals surface area contributed by atoms with Gasteiger partial charge < -0.3 is 0 Å². The number of sulfonamides is 1. The van der Waals surface area contributed by atoms with Gasteiger partial charge in [0.15, 0.2) is 0 Å². The molecule has 0 radical (unpaired) electrons. The molecule has 0 aliphatic carbocycles. The number of amides is 1. The fourth-order valence-electron chi connectivity index (χ4n) is 2.28. The van der Waals surface area contributed by atoms with Crippen molar-refractivity contribution in [2.24, 2.45) is 0 Å². The molecule has 0 spiro atoms. The Morgan fingerprint density at radius 2 is 2.11 bits per heavy atom. The third-order valence-electron chi connectivity index (χ3n) is 3.52. The molecule has 142 valence electrons. The van der Waals surface area contributed by atoms with Crippen LogP contribution in [0.25, 0.3) is 21.1 Å². The molecule has 8 nitrogen and oxygen atoms in total. The van der Waals surface area contributed by atoms with Crippen LogP contribution in [0, 0.1) is 17.1 Å². The summed E-state index contributed by atoms with van der Waals surface area (Å²) in [7, 11) is -3.92. The summed E-state index contributed by atoms with van der Waals surface area (Å²) in [6.45, 7) is -0.610. The summed E-state index contributed by atoms with van der Waals surface area (Å²) < 4.78 is 37.3. The van der Waals surface area contributed by atoms with Crippen LogP contribution in [-0.2, 0) is 10.0 Å². The lowest BCUT2D eigenvalue weighted by molar-refractivity contribution is 0.0868. The van der Waals surface area contributed by atoms with Gasteiger partial charge in [0, 0.05) is 18.0 Å². The lowest BCUT2D eigenvalue weighted by Gasteiger charge is -2.16. The number of carbonyl (C=O) groups excluding carboxylic acids is 1. The normalized spacial score (nSPS) is 11.0. The molecule has 28 heavy (non-hydrogen) atoms. The van der Waals surface area contributed by atoms with Gasteiger partial charge in [-0.05, 0) is 18.2 Å². The Hall–Kier alpha value is -3.23. The number of rotatable bonds is 5. The average molecular weight is 417 g/mol. The molecular formula is C17H12FN5O3S2. The van der Waals surface area contributed by atoms with Crippen molar-refractivity contribution in [1.82, 2.24) is 19.3 Å². The highest BCUT2D eigenvalue weighted by atomic mass is 32.2. The van der Waals surface area contributed by atoms with Crippen LogP contribution in [0.3, 0.4) is 0 Å². The zero-order chi connectivity index (χ0) is 20.3. The first kappa shape index (κ1) is 19.5. The minimum absolute atomic E-state index is 0.124. The second-order valence-corrected chi connectivity index (χ2v) is 8.50. The van der Waals surface area contributed by atoms with Crippen molar-refractivity contribution < 1.29 is 17.6 Å². The molecule has 0 N–H and O–H groups in total. The minimum atomic E-state index is -3.92. The van der Waals surface area contributed by atoms with Gasteiger partial charge in [0.05, 0.1) is 29.1 Å². The predicted molar refractivity (Wildman–Crippen MR) is 100 cm³/mol. The molecule has 3 rings (SSSR count). The van der Waals surface area contributed by atoms with Crippen LogP contribution in [0.2, 0.25) is 0 Å². The molecule has 0 unspecified atom stereocenters. The molecule has 3 heterocycles. The van der Waals surface area contributed by atoms with E-state index in [-0.39, 0.29) is 5.69 Å². The van der Waals surface area contributed by atoms with Crippen molar-refractivity contribution >= 4 is 27.3 Å². The first-order chi connectivity index (χ1) is 13.3. The van der Waals surface area contributed by atoms with E-state index in [1.807, 2.05) is 0 Å². The van der Waals surface area contributed by atoms with Crippen molar-refractivity contribution in [2.45, 2.75) is 0 Å². The Balaban J connectivity index is 1.94. The molecule has 0 aromatic carbocycles. The second-order valence-electron chi connectivity index (χ2n) is 5.56. The summed E-state index contributed by atoms with van der Waals surface area (Å²) in [5.74, 6) is -1.39. The summed E-state index contributed by atoms with van der Waals surface area (Å²) >= 11 is 1.22. The third-order valence-corrected chi connectivity index (χ3v) is 5.68. The van der Waals surface area contributed by atoms with E-state index in [0.717, 1.165) is 12.5 Å². The van der Waals surface area contributed by atoms with Crippen molar-refractivity contribution in [1.29, 1.82) is 5.26 Å². The van der Waals surface area contributed by atoms with Gasteiger partial charge in [-0.25, -0.2) is 27.1 Å². The maximum Gasteiger partial charge on any atom is 0.286 e. The quantitative estimate of drug-likeness (QED) is 0.585. The van der Waals surface area contributed by atoms with E-state index in [9.17, 15) is 17.6 Å². The SMILES string of the molecule is CS(=O)(=O)N(CC#N)C(=O)c1cccc(-c2cnc(-c3cncc(F)c3)s2)n1. The molecule has 0 aliphatic heterocycles. The van der Waals surface area contributed by atoms with Crippen LogP contribution in [-0.4, -0.2) is 46.4 Å². The molecule has 0 fully saturated rings. The number of hydrogen-bond donors (Lipinski definition) is 0. The molecule has 0 saturated carbocycles. The van der Waals surface area contributed by atoms with Gasteiger partial charge >= 0.3 is 0 Å². The van der Waals surface area contributed by atoms with Crippen LogP contribution in [0.15, 0.2) is 42.9 Å². The zero-order valence-corrected chi connectivity index (χ0v) is 16.0. The highest BCUT2D eigenvalue weighted by molar-refractivity contribution is 7.88. The zero-order valence-electron chi connectivity index (χ0n) is 14.4. The van der Waals surface area contributed by atoms with Gasteiger partial charge in [-0.15, -0.1) is 11.3 Å². The molecular weight excluding hydrogens is 405 g/mol. The predicted octanol–water partition coefficient (Wildman–Crippen LogP) is 2.33. The summed E-state index contributed by atoms with van der Waals surface area (Å²) in [5.41, 5.74) is 0.769. The summed E-state index contributed by atoms with van der Waals surface area (Å²) in [5, 5.41) is 9.31. The van der Waals surface area contributed by atoms with Crippen molar-refractivity contribution in [2.75, 3.05) is 12.8 Å². The molecule has 11 heteroatoms. The first-order valence-corrected chi connectivity index (χ1v) is 10.4. The number of halogens is 1. The summed E-state index contributed by atoms with van der Waals surface area (Å²) in [4.78, 5) is 25.3. The average Bonchev–Trinajstić information content (AvgIpc) is 3.15. The Labute approximate surface area is 164 Å². The molecule has 0 bridgehead atoms. The molecule has 0 saturated heterocycles. The van der Waals surface area contributed by atoms with Crippen LogP contribution in [0.4, 0.5) is 4.39 Å². The van der Waals surface area contributed by atoms with Crippen molar-refractivity contribution in [3.63, 3.8) is 0 Å². The Morgan fingerprint density at radius 3 is 2.79 bits per heavy atom. The maximum atomic E-state index is 13.3. The van der Waals surface area contributed by atoms with Crippen LogP contribution < -0.4 is 0 Å². The first-order valence-electron chi connectivity index (χ1n) is 7.73. The van der Waals surface area contributed by atoms with Crippen molar-refractivity contribution in [3.05, 3.63) is 54.4 Å². The smallest absolute Gasteiger partial charge is 0.266 e. The maximum absolute atomic E-state index is 13.3. The monoisotopic (exact) mass is 417 g/mol. The number of hydrogen-bond acceptors (Lipinski definition) is 8. The van der Waals surface area contributed by atoms with E-state index in [2.05, 4.69) is 15.0 Å². The van der Waals surface area contributed by atoms with Gasteiger partial charge in [0.25, 0.3) is 5.91 Å². The van der Waals surface area contributed by atoms with Crippen molar-refractivity contribution in [3.8, 4) is 27.2 Å². The van der Waals surface area contributed by atoms with Gasteiger partial charge in [0.2, 0.25) is 10.0 Å². The number of carbonyl (C=O) groups is 1. The summed E-state index contributed by atoms with van der Waals surface area (Å²) in [6.07, 6.45) is 4.92. The Kier molecular flexibility index (Phi) is 5.43. The lowest BCUT2D eigenvalue weighted by Crippen LogP contribution is -2.36. The molecule has 1 amide bonds. The van der Waals surface area contributed by atoms with Gasteiger partial charge in [-0.1, -0.05) is 6.07 Å². The fraction of sp³-hybridized carbons (Fsp3) is 0.118. The van der Waals surface area contributed by atoms with E-state index in [1.54, 1.807) is 18.2 Å². The van der Waals surface area contributed by atoms with Gasteiger partial charge in [-0.2, -0.15) is 5.26 Å². The van der Waals surface area contributed by atoms with E-state index >= 15 is 0 Å². The molecule has 0 aliphatic rings. The molecule has 0 atom stereocenters. The standard InChI is InChI=1S/C17H12FN5O3S2/c1-28(25,26)23(6-5-19)17(24)14-4-2-3-13(22-14)15-10-21-16(27-15)11-7-12(18)9-20-8-11/h2-4,7-10H,6H2,1H3. The molecule has 3 aromatic heterocycles. The highest BCUT2D eigenvalue weighted by Gasteiger charge is 2.25.